The summed E-state index contributed by atoms with van der Waals surface area (Å²) in [6, 6.07) is 13.0. The van der Waals surface area contributed by atoms with Gasteiger partial charge in [0, 0.05) is 17.1 Å². The number of anilines is 1. The number of carbonyl (C=O) groups is 1. The number of nitrogens with one attached hydrogen (secondary N) is 1. The highest BCUT2D eigenvalue weighted by molar-refractivity contribution is 6.31. The van der Waals surface area contributed by atoms with E-state index in [0.717, 1.165) is 11.3 Å². The van der Waals surface area contributed by atoms with Gasteiger partial charge in [-0.25, -0.2) is 9.67 Å². The van der Waals surface area contributed by atoms with Gasteiger partial charge in [0.2, 0.25) is 5.91 Å². The molecule has 0 aliphatic carbocycles. The van der Waals surface area contributed by atoms with Gasteiger partial charge in [-0.15, -0.1) is 0 Å². The predicted octanol–water partition coefficient (Wildman–Crippen LogP) is 3.00. The van der Waals surface area contributed by atoms with E-state index in [1.54, 1.807) is 36.3 Å². The molecule has 0 aliphatic rings. The molecular weight excluding hydrogens is 366 g/mol. The summed E-state index contributed by atoms with van der Waals surface area (Å²) in [4.78, 5) is 18.4. The van der Waals surface area contributed by atoms with Gasteiger partial charge in [0.25, 0.3) is 0 Å². The summed E-state index contributed by atoms with van der Waals surface area (Å²) in [5.74, 6) is 0.643. The molecule has 140 valence electrons. The largest absolute Gasteiger partial charge is 0.496 e. The second-order valence-corrected chi connectivity index (χ2v) is 6.47. The van der Waals surface area contributed by atoms with E-state index in [1.165, 1.54) is 6.33 Å². The minimum Gasteiger partial charge on any atom is -0.496 e. The van der Waals surface area contributed by atoms with Crippen molar-refractivity contribution in [3.05, 3.63) is 65.7 Å². The van der Waals surface area contributed by atoms with E-state index >= 15 is 0 Å². The quantitative estimate of drug-likeness (QED) is 0.676. The second kappa shape index (κ2) is 8.66. The lowest BCUT2D eigenvalue weighted by Crippen LogP contribution is -2.30. The summed E-state index contributed by atoms with van der Waals surface area (Å²) in [6.45, 7) is 0.796. The molecule has 0 aliphatic heterocycles. The number of para-hydroxylation sites is 1. The van der Waals surface area contributed by atoms with Crippen molar-refractivity contribution in [3.63, 3.8) is 0 Å². The van der Waals surface area contributed by atoms with Gasteiger partial charge in [-0.2, -0.15) is 5.10 Å². The van der Waals surface area contributed by atoms with Crippen LogP contribution in [0.3, 0.4) is 0 Å². The molecule has 27 heavy (non-hydrogen) atoms. The van der Waals surface area contributed by atoms with Crippen LogP contribution in [0.2, 0.25) is 5.02 Å². The summed E-state index contributed by atoms with van der Waals surface area (Å²) in [7, 11) is 3.51. The summed E-state index contributed by atoms with van der Waals surface area (Å²) in [5.41, 5.74) is 2.28. The van der Waals surface area contributed by atoms with Crippen molar-refractivity contribution in [2.45, 2.75) is 6.54 Å². The van der Waals surface area contributed by atoms with Gasteiger partial charge >= 0.3 is 0 Å². The topological polar surface area (TPSA) is 72.3 Å². The number of likely N-dealkylation sites (N-methyl/N-ethyl adjacent to an activating group) is 1. The molecule has 2 aromatic carbocycles. The molecule has 3 rings (SSSR count). The first kappa shape index (κ1) is 18.9. The normalized spacial score (nSPS) is 10.8. The van der Waals surface area contributed by atoms with Crippen LogP contribution >= 0.6 is 11.6 Å². The number of nitrogens with zero attached hydrogens (tertiary/aromatic N) is 4. The SMILES string of the molecule is COc1ccccc1CN(C)CC(=O)Nc1cc(Cl)ccc1-n1cncn1. The standard InChI is InChI=1S/C19H20ClN5O2/c1-24(10-14-5-3-4-6-18(14)27-2)11-19(26)23-16-9-15(20)7-8-17(16)25-13-21-12-22-25/h3-9,12-13H,10-11H2,1-2H3,(H,23,26). The lowest BCUT2D eigenvalue weighted by molar-refractivity contribution is -0.117. The molecule has 1 aromatic heterocycles. The Bertz CT molecular complexity index is 914. The summed E-state index contributed by atoms with van der Waals surface area (Å²) in [5, 5.41) is 7.53. The van der Waals surface area contributed by atoms with Crippen LogP contribution in [0.1, 0.15) is 5.56 Å². The zero-order valence-corrected chi connectivity index (χ0v) is 15.8. The minimum atomic E-state index is -0.156. The molecule has 8 heteroatoms. The van der Waals surface area contributed by atoms with E-state index in [4.69, 9.17) is 16.3 Å². The molecule has 0 bridgehead atoms. The van der Waals surface area contributed by atoms with Crippen LogP contribution in [-0.4, -0.2) is 46.3 Å². The van der Waals surface area contributed by atoms with Crippen molar-refractivity contribution in [2.24, 2.45) is 0 Å². The number of aromatic nitrogens is 3. The molecule has 0 fully saturated rings. The van der Waals surface area contributed by atoms with Crippen molar-refractivity contribution in [2.75, 3.05) is 26.0 Å². The maximum absolute atomic E-state index is 12.5. The van der Waals surface area contributed by atoms with E-state index in [-0.39, 0.29) is 12.5 Å². The van der Waals surface area contributed by atoms with Crippen molar-refractivity contribution in [3.8, 4) is 11.4 Å². The molecule has 1 N–H and O–H groups in total. The Morgan fingerprint density at radius 1 is 1.30 bits per heavy atom. The van der Waals surface area contributed by atoms with Crippen LogP contribution in [0.5, 0.6) is 5.75 Å². The highest BCUT2D eigenvalue weighted by atomic mass is 35.5. The Hall–Kier alpha value is -2.90. The molecule has 1 heterocycles. The van der Waals surface area contributed by atoms with Gasteiger partial charge in [-0.05, 0) is 31.3 Å². The molecule has 7 nitrogen and oxygen atoms in total. The van der Waals surface area contributed by atoms with Crippen LogP contribution in [0.15, 0.2) is 55.1 Å². The number of benzene rings is 2. The first-order valence-electron chi connectivity index (χ1n) is 8.31. The van der Waals surface area contributed by atoms with Gasteiger partial charge in [0.1, 0.15) is 18.4 Å². The van der Waals surface area contributed by atoms with Crippen LogP contribution in [0, 0.1) is 0 Å². The third-order valence-electron chi connectivity index (χ3n) is 3.94. The lowest BCUT2D eigenvalue weighted by Gasteiger charge is -2.18. The molecule has 0 atom stereocenters. The Balaban J connectivity index is 1.68. The van der Waals surface area contributed by atoms with E-state index in [1.807, 2.05) is 36.2 Å². The second-order valence-electron chi connectivity index (χ2n) is 6.03. The minimum absolute atomic E-state index is 0.156. The molecule has 0 saturated heterocycles. The highest BCUT2D eigenvalue weighted by Gasteiger charge is 2.13. The van der Waals surface area contributed by atoms with Gasteiger partial charge in [0.05, 0.1) is 25.0 Å². The first-order chi connectivity index (χ1) is 13.1. The zero-order valence-electron chi connectivity index (χ0n) is 15.1. The van der Waals surface area contributed by atoms with Crippen LogP contribution in [0.4, 0.5) is 5.69 Å². The van der Waals surface area contributed by atoms with Crippen molar-refractivity contribution >= 4 is 23.2 Å². The number of amides is 1. The number of hydrogen-bond acceptors (Lipinski definition) is 5. The predicted molar refractivity (Wildman–Crippen MR) is 104 cm³/mol. The zero-order chi connectivity index (χ0) is 19.2. The fraction of sp³-hybridized carbons (Fsp3) is 0.211. The van der Waals surface area contributed by atoms with E-state index in [2.05, 4.69) is 15.4 Å². The summed E-state index contributed by atoms with van der Waals surface area (Å²) < 4.78 is 6.93. The maximum Gasteiger partial charge on any atom is 0.238 e. The van der Waals surface area contributed by atoms with Crippen LogP contribution < -0.4 is 10.1 Å². The summed E-state index contributed by atoms with van der Waals surface area (Å²) in [6.07, 6.45) is 2.99. The summed E-state index contributed by atoms with van der Waals surface area (Å²) >= 11 is 6.09. The number of halogens is 1. The van der Waals surface area contributed by atoms with Crippen LogP contribution in [0.25, 0.3) is 5.69 Å². The van der Waals surface area contributed by atoms with Crippen LogP contribution in [-0.2, 0) is 11.3 Å². The van der Waals surface area contributed by atoms with Gasteiger partial charge in [-0.1, -0.05) is 29.8 Å². The fourth-order valence-electron chi connectivity index (χ4n) is 2.76. The van der Waals surface area contributed by atoms with Crippen molar-refractivity contribution < 1.29 is 9.53 Å². The third-order valence-corrected chi connectivity index (χ3v) is 4.18. The molecule has 1 amide bonds. The number of methoxy groups -OCH3 is 1. The molecule has 0 radical (unpaired) electrons. The van der Waals surface area contributed by atoms with Crippen molar-refractivity contribution in [1.82, 2.24) is 19.7 Å². The molecule has 0 saturated carbocycles. The number of carbonyl (C=O) groups excluding carboxylic acids is 1. The lowest BCUT2D eigenvalue weighted by atomic mass is 10.2. The number of rotatable bonds is 7. The maximum atomic E-state index is 12.5. The highest BCUT2D eigenvalue weighted by Crippen LogP contribution is 2.24. The van der Waals surface area contributed by atoms with Gasteiger partial charge < -0.3 is 10.1 Å². The smallest absolute Gasteiger partial charge is 0.238 e. The van der Waals surface area contributed by atoms with Crippen molar-refractivity contribution in [1.29, 1.82) is 0 Å². The molecule has 3 aromatic rings. The van der Waals surface area contributed by atoms with Gasteiger partial charge in [0.15, 0.2) is 0 Å². The number of ether oxygens (including phenoxy) is 1. The Kier molecular flexibility index (Phi) is 6.05. The van der Waals surface area contributed by atoms with E-state index < -0.39 is 0 Å². The van der Waals surface area contributed by atoms with Gasteiger partial charge in [-0.3, -0.25) is 9.69 Å². The Morgan fingerprint density at radius 2 is 2.11 bits per heavy atom. The fourth-order valence-corrected chi connectivity index (χ4v) is 2.93. The first-order valence-corrected chi connectivity index (χ1v) is 8.69. The molecular formula is C19H20ClN5O2. The Labute approximate surface area is 162 Å². The molecule has 0 unspecified atom stereocenters. The van der Waals surface area contributed by atoms with E-state index in [9.17, 15) is 4.79 Å². The van der Waals surface area contributed by atoms with E-state index in [0.29, 0.717) is 22.9 Å². The Morgan fingerprint density at radius 3 is 2.85 bits per heavy atom. The number of hydrogen-bond donors (Lipinski definition) is 1. The average Bonchev–Trinajstić information content (AvgIpc) is 3.16. The monoisotopic (exact) mass is 385 g/mol. The third kappa shape index (κ3) is 4.84. The molecule has 0 spiro atoms. The average molecular weight is 386 g/mol.